The van der Waals surface area contributed by atoms with Crippen molar-refractivity contribution in [1.29, 1.82) is 0 Å². The molecule has 8 heteroatoms. The fourth-order valence-corrected chi connectivity index (χ4v) is 1.94. The molecular formula is C13H12ClN7. The van der Waals surface area contributed by atoms with Gasteiger partial charge in [0.2, 0.25) is 11.2 Å². The van der Waals surface area contributed by atoms with Crippen molar-refractivity contribution in [2.75, 3.05) is 5.32 Å². The van der Waals surface area contributed by atoms with E-state index in [1.54, 1.807) is 24.7 Å². The Bertz CT molecular complexity index is 742. The SMILES string of the molecule is Cc1cnccc1CNc1nc(Cl)nc(-n2cccn2)n1. The van der Waals surface area contributed by atoms with E-state index in [9.17, 15) is 0 Å². The molecule has 0 amide bonds. The maximum atomic E-state index is 5.93. The molecule has 0 spiro atoms. The Balaban J connectivity index is 1.81. The van der Waals surface area contributed by atoms with Gasteiger partial charge in [0, 0.05) is 31.3 Å². The van der Waals surface area contributed by atoms with Gasteiger partial charge < -0.3 is 5.32 Å². The number of hydrogen-bond donors (Lipinski definition) is 1. The minimum atomic E-state index is 0.115. The van der Waals surface area contributed by atoms with Crippen LogP contribution in [0.25, 0.3) is 5.95 Å². The molecule has 0 bridgehead atoms. The third-order valence-corrected chi connectivity index (χ3v) is 3.05. The van der Waals surface area contributed by atoms with Crippen molar-refractivity contribution < 1.29 is 0 Å². The molecule has 0 aliphatic carbocycles. The Kier molecular flexibility index (Phi) is 3.74. The first-order chi connectivity index (χ1) is 10.2. The van der Waals surface area contributed by atoms with E-state index in [0.29, 0.717) is 18.4 Å². The lowest BCUT2D eigenvalue weighted by Crippen LogP contribution is -2.10. The van der Waals surface area contributed by atoms with Gasteiger partial charge in [-0.05, 0) is 41.8 Å². The van der Waals surface area contributed by atoms with Gasteiger partial charge in [0.15, 0.2) is 0 Å². The zero-order valence-electron chi connectivity index (χ0n) is 11.2. The van der Waals surface area contributed by atoms with Gasteiger partial charge in [-0.1, -0.05) is 0 Å². The second kappa shape index (κ2) is 5.84. The number of nitrogens with one attached hydrogen (secondary N) is 1. The number of anilines is 1. The van der Waals surface area contributed by atoms with E-state index in [-0.39, 0.29) is 5.28 Å². The molecule has 106 valence electrons. The summed E-state index contributed by atoms with van der Waals surface area (Å²) in [5.74, 6) is 0.769. The summed E-state index contributed by atoms with van der Waals surface area (Å²) in [6.07, 6.45) is 6.94. The quantitative estimate of drug-likeness (QED) is 0.794. The summed E-state index contributed by atoms with van der Waals surface area (Å²) in [6, 6.07) is 3.73. The van der Waals surface area contributed by atoms with E-state index in [1.165, 1.54) is 4.68 Å². The van der Waals surface area contributed by atoms with Crippen molar-refractivity contribution in [3.05, 3.63) is 53.3 Å². The Hall–Kier alpha value is -2.54. The van der Waals surface area contributed by atoms with Crippen LogP contribution in [0.4, 0.5) is 5.95 Å². The van der Waals surface area contributed by atoms with E-state index in [2.05, 4.69) is 30.4 Å². The van der Waals surface area contributed by atoms with Crippen molar-refractivity contribution >= 4 is 17.5 Å². The average molecular weight is 302 g/mol. The maximum Gasteiger partial charge on any atom is 0.256 e. The van der Waals surface area contributed by atoms with Gasteiger partial charge in [0.05, 0.1) is 0 Å². The van der Waals surface area contributed by atoms with Crippen molar-refractivity contribution in [3.8, 4) is 5.95 Å². The molecule has 0 aliphatic heterocycles. The lowest BCUT2D eigenvalue weighted by atomic mass is 10.1. The molecule has 3 rings (SSSR count). The average Bonchev–Trinajstić information content (AvgIpc) is 3.00. The fourth-order valence-electron chi connectivity index (χ4n) is 1.78. The van der Waals surface area contributed by atoms with Gasteiger partial charge in [0.25, 0.3) is 5.95 Å². The summed E-state index contributed by atoms with van der Waals surface area (Å²) in [6.45, 7) is 2.58. The van der Waals surface area contributed by atoms with Crippen LogP contribution in [-0.4, -0.2) is 29.7 Å². The number of hydrogen-bond acceptors (Lipinski definition) is 6. The topological polar surface area (TPSA) is 81.4 Å². The predicted molar refractivity (Wildman–Crippen MR) is 78.3 cm³/mol. The van der Waals surface area contributed by atoms with E-state index in [0.717, 1.165) is 11.1 Å². The molecule has 0 aliphatic rings. The number of nitrogens with zero attached hydrogens (tertiary/aromatic N) is 6. The van der Waals surface area contributed by atoms with Crippen LogP contribution in [0.5, 0.6) is 0 Å². The normalized spacial score (nSPS) is 10.6. The molecule has 7 nitrogen and oxygen atoms in total. The maximum absolute atomic E-state index is 5.93. The monoisotopic (exact) mass is 301 g/mol. The molecule has 3 heterocycles. The van der Waals surface area contributed by atoms with Gasteiger partial charge in [-0.25, -0.2) is 4.68 Å². The minimum absolute atomic E-state index is 0.115. The Morgan fingerprint density at radius 2 is 2.14 bits per heavy atom. The molecular weight excluding hydrogens is 290 g/mol. The summed E-state index contributed by atoms with van der Waals surface area (Å²) in [4.78, 5) is 16.5. The molecule has 0 aromatic carbocycles. The predicted octanol–water partition coefficient (Wildman–Crippen LogP) is 2.03. The van der Waals surface area contributed by atoms with Gasteiger partial charge in [-0.3, -0.25) is 4.98 Å². The Morgan fingerprint density at radius 1 is 1.24 bits per heavy atom. The first kappa shape index (κ1) is 13.4. The lowest BCUT2D eigenvalue weighted by Gasteiger charge is -2.08. The highest BCUT2D eigenvalue weighted by molar-refractivity contribution is 6.28. The first-order valence-electron chi connectivity index (χ1n) is 6.27. The zero-order valence-corrected chi connectivity index (χ0v) is 12.0. The number of aryl methyl sites for hydroxylation is 1. The summed E-state index contributed by atoms with van der Waals surface area (Å²) < 4.78 is 1.52. The molecule has 0 radical (unpaired) electrons. The fraction of sp³-hybridized carbons (Fsp3) is 0.154. The molecule has 0 saturated carbocycles. The van der Waals surface area contributed by atoms with Gasteiger partial charge in [-0.2, -0.15) is 20.1 Å². The van der Waals surface area contributed by atoms with Crippen LogP contribution in [0.3, 0.4) is 0 Å². The van der Waals surface area contributed by atoms with Crippen LogP contribution in [0.1, 0.15) is 11.1 Å². The van der Waals surface area contributed by atoms with Crippen LogP contribution in [0.15, 0.2) is 36.9 Å². The van der Waals surface area contributed by atoms with Gasteiger partial charge in [-0.15, -0.1) is 0 Å². The summed E-state index contributed by atoms with van der Waals surface area (Å²) in [5, 5.41) is 7.31. The molecule has 1 N–H and O–H groups in total. The van der Waals surface area contributed by atoms with Gasteiger partial charge in [0.1, 0.15) is 0 Å². The number of rotatable bonds is 4. The molecule has 0 fully saturated rings. The number of pyridine rings is 1. The highest BCUT2D eigenvalue weighted by Gasteiger charge is 2.07. The molecule has 3 aromatic heterocycles. The summed E-state index contributed by atoms with van der Waals surface area (Å²) in [7, 11) is 0. The Morgan fingerprint density at radius 3 is 2.90 bits per heavy atom. The van der Waals surface area contributed by atoms with Crippen molar-refractivity contribution in [1.82, 2.24) is 29.7 Å². The van der Waals surface area contributed by atoms with Gasteiger partial charge >= 0.3 is 0 Å². The van der Waals surface area contributed by atoms with E-state index < -0.39 is 0 Å². The first-order valence-corrected chi connectivity index (χ1v) is 6.65. The molecule has 0 unspecified atom stereocenters. The standard InChI is InChI=1S/C13H12ClN7/c1-9-7-15-5-3-10(9)8-16-12-18-11(14)19-13(20-12)21-6-2-4-17-21/h2-7H,8H2,1H3,(H,16,18,19,20). The number of halogens is 1. The highest BCUT2D eigenvalue weighted by Crippen LogP contribution is 2.11. The zero-order chi connectivity index (χ0) is 14.7. The number of aromatic nitrogens is 6. The second-order valence-corrected chi connectivity index (χ2v) is 4.67. The van der Waals surface area contributed by atoms with Crippen molar-refractivity contribution in [3.63, 3.8) is 0 Å². The van der Waals surface area contributed by atoms with E-state index >= 15 is 0 Å². The minimum Gasteiger partial charge on any atom is -0.350 e. The van der Waals surface area contributed by atoms with Crippen LogP contribution in [0, 0.1) is 6.92 Å². The third kappa shape index (κ3) is 3.14. The molecule has 21 heavy (non-hydrogen) atoms. The highest BCUT2D eigenvalue weighted by atomic mass is 35.5. The smallest absolute Gasteiger partial charge is 0.256 e. The summed E-state index contributed by atoms with van der Waals surface area (Å²) in [5.41, 5.74) is 2.21. The molecule has 0 atom stereocenters. The van der Waals surface area contributed by atoms with Crippen molar-refractivity contribution in [2.45, 2.75) is 13.5 Å². The van der Waals surface area contributed by atoms with E-state index in [1.807, 2.05) is 19.2 Å². The second-order valence-electron chi connectivity index (χ2n) is 4.33. The largest absolute Gasteiger partial charge is 0.350 e. The van der Waals surface area contributed by atoms with E-state index in [4.69, 9.17) is 11.6 Å². The Labute approximate surface area is 126 Å². The van der Waals surface area contributed by atoms with Crippen molar-refractivity contribution in [2.24, 2.45) is 0 Å². The van der Waals surface area contributed by atoms with Crippen LogP contribution < -0.4 is 5.32 Å². The summed E-state index contributed by atoms with van der Waals surface area (Å²) >= 11 is 5.93. The lowest BCUT2D eigenvalue weighted by molar-refractivity contribution is 0.794. The molecule has 3 aromatic rings. The van der Waals surface area contributed by atoms with Crippen LogP contribution >= 0.6 is 11.6 Å². The third-order valence-electron chi connectivity index (χ3n) is 2.88. The van der Waals surface area contributed by atoms with Crippen LogP contribution in [-0.2, 0) is 6.54 Å². The van der Waals surface area contributed by atoms with Crippen LogP contribution in [0.2, 0.25) is 5.28 Å². The molecule has 0 saturated heterocycles.